The molecule has 3 aromatic rings. The van der Waals surface area contributed by atoms with Gasteiger partial charge in [0, 0.05) is 5.56 Å². The number of anilines is 1. The van der Waals surface area contributed by atoms with Crippen molar-refractivity contribution in [2.75, 3.05) is 24.8 Å². The number of aromatic nitrogens is 2. The highest BCUT2D eigenvalue weighted by atomic mass is 35.5. The van der Waals surface area contributed by atoms with E-state index in [1.54, 1.807) is 16.8 Å². The Morgan fingerprint density at radius 3 is 2.81 bits per heavy atom. The lowest BCUT2D eigenvalue weighted by molar-refractivity contribution is -0.120. The van der Waals surface area contributed by atoms with Gasteiger partial charge in [-0.05, 0) is 36.8 Å². The van der Waals surface area contributed by atoms with Crippen molar-refractivity contribution >= 4 is 41.0 Å². The lowest BCUT2D eigenvalue weighted by Crippen LogP contribution is -2.20. The molecule has 0 spiro atoms. The van der Waals surface area contributed by atoms with E-state index < -0.39 is 5.91 Å². The fourth-order valence-electron chi connectivity index (χ4n) is 3.56. The normalized spacial score (nSPS) is 15.5. The third-order valence-electron chi connectivity index (χ3n) is 4.95. The maximum Gasteiger partial charge on any atom is 0.255 e. The van der Waals surface area contributed by atoms with Gasteiger partial charge in [-0.25, -0.2) is 4.68 Å². The van der Waals surface area contributed by atoms with Crippen molar-refractivity contribution < 1.29 is 19.1 Å². The second kappa shape index (κ2) is 9.13. The number of amides is 2. The number of ether oxygens (including phenoxy) is 2. The number of primary amides is 1. The van der Waals surface area contributed by atoms with Crippen molar-refractivity contribution in [1.82, 2.24) is 9.78 Å². The number of thioether (sulfide) groups is 1. The zero-order valence-electron chi connectivity index (χ0n) is 17.4. The Hall–Kier alpha value is -3.17. The molecule has 0 aliphatic carbocycles. The Labute approximate surface area is 194 Å². The van der Waals surface area contributed by atoms with Gasteiger partial charge in [-0.3, -0.25) is 9.59 Å². The van der Waals surface area contributed by atoms with Gasteiger partial charge in [0.25, 0.3) is 5.91 Å². The van der Waals surface area contributed by atoms with Crippen LogP contribution in [0, 0.1) is 6.92 Å². The van der Waals surface area contributed by atoms with Crippen LogP contribution in [0.5, 0.6) is 11.5 Å². The Morgan fingerprint density at radius 2 is 2.09 bits per heavy atom. The van der Waals surface area contributed by atoms with E-state index in [9.17, 15) is 9.59 Å². The first-order valence-electron chi connectivity index (χ1n) is 9.74. The molecule has 2 heterocycles. The van der Waals surface area contributed by atoms with E-state index in [4.69, 9.17) is 26.8 Å². The Morgan fingerprint density at radius 1 is 1.31 bits per heavy atom. The van der Waals surface area contributed by atoms with Crippen molar-refractivity contribution in [3.05, 3.63) is 64.3 Å². The first kappa shape index (κ1) is 22.0. The minimum absolute atomic E-state index is 0.125. The predicted octanol–water partition coefficient (Wildman–Crippen LogP) is 3.48. The number of nitrogens with zero attached hydrogens (tertiary/aromatic N) is 2. The SMILES string of the molecule is COc1cc([C@H]2SCC(=O)Nc3c2c(C)nn3-c2ccccc2Cl)ccc1OCC(N)=O. The van der Waals surface area contributed by atoms with Gasteiger partial charge >= 0.3 is 0 Å². The topological polar surface area (TPSA) is 108 Å². The number of carbonyl (C=O) groups is 2. The number of hydrogen-bond donors (Lipinski definition) is 2. The molecule has 4 rings (SSSR count). The van der Waals surface area contributed by atoms with Gasteiger partial charge in [0.1, 0.15) is 5.82 Å². The lowest BCUT2D eigenvalue weighted by Gasteiger charge is -2.18. The highest BCUT2D eigenvalue weighted by Crippen LogP contribution is 2.46. The van der Waals surface area contributed by atoms with Crippen molar-refractivity contribution in [2.24, 2.45) is 5.73 Å². The molecule has 1 aromatic heterocycles. The molecule has 1 aliphatic rings. The predicted molar refractivity (Wildman–Crippen MR) is 124 cm³/mol. The van der Waals surface area contributed by atoms with Crippen LogP contribution in [0.1, 0.15) is 22.1 Å². The number of nitrogens with two attached hydrogens (primary N) is 1. The molecule has 1 aliphatic heterocycles. The second-order valence-corrected chi connectivity index (χ2v) is 8.62. The van der Waals surface area contributed by atoms with E-state index in [0.29, 0.717) is 28.0 Å². The molecule has 0 bridgehead atoms. The third-order valence-corrected chi connectivity index (χ3v) is 6.54. The number of rotatable bonds is 6. The van der Waals surface area contributed by atoms with Gasteiger partial charge in [0.05, 0.1) is 34.5 Å². The largest absolute Gasteiger partial charge is 0.493 e. The van der Waals surface area contributed by atoms with Gasteiger partial charge in [-0.15, -0.1) is 11.8 Å². The molecular weight excluding hydrogens is 452 g/mol. The molecule has 166 valence electrons. The highest BCUT2D eigenvalue weighted by molar-refractivity contribution is 8.00. The zero-order valence-corrected chi connectivity index (χ0v) is 19.0. The van der Waals surface area contributed by atoms with Crippen LogP contribution in [0.25, 0.3) is 5.69 Å². The summed E-state index contributed by atoms with van der Waals surface area (Å²) >= 11 is 7.90. The fraction of sp³-hybridized carbons (Fsp3) is 0.227. The van der Waals surface area contributed by atoms with Crippen LogP contribution in [-0.2, 0) is 9.59 Å². The maximum atomic E-state index is 12.5. The van der Waals surface area contributed by atoms with Crippen LogP contribution in [0.3, 0.4) is 0 Å². The number of nitrogens with one attached hydrogen (secondary N) is 1. The average Bonchev–Trinajstić information content (AvgIpc) is 2.97. The standard InChI is InChI=1S/C22H21ClN4O4S/c1-12-20-21(13-7-8-16(17(9-13)30-2)31-10-18(24)28)32-11-19(29)25-22(20)27(26-12)15-6-4-3-5-14(15)23/h3-9,21H,10-11H2,1-2H3,(H2,24,28)(H,25,29)/t21-/m1/s1. The van der Waals surface area contributed by atoms with Crippen LogP contribution >= 0.6 is 23.4 Å². The Kier molecular flexibility index (Phi) is 6.29. The molecular formula is C22H21ClN4O4S. The van der Waals surface area contributed by atoms with E-state index in [0.717, 1.165) is 16.8 Å². The van der Waals surface area contributed by atoms with Crippen LogP contribution in [-0.4, -0.2) is 41.1 Å². The van der Waals surface area contributed by atoms with E-state index in [1.807, 2.05) is 37.3 Å². The molecule has 0 radical (unpaired) electrons. The minimum atomic E-state index is -0.577. The molecule has 0 fully saturated rings. The summed E-state index contributed by atoms with van der Waals surface area (Å²) in [6.45, 7) is 1.65. The summed E-state index contributed by atoms with van der Waals surface area (Å²) in [6.07, 6.45) is 0. The van der Waals surface area contributed by atoms with Crippen molar-refractivity contribution in [1.29, 1.82) is 0 Å². The molecule has 3 N–H and O–H groups in total. The maximum absolute atomic E-state index is 12.5. The van der Waals surface area contributed by atoms with Gasteiger partial charge in [0.15, 0.2) is 18.1 Å². The van der Waals surface area contributed by atoms with E-state index in [1.165, 1.54) is 18.9 Å². The number of halogens is 1. The summed E-state index contributed by atoms with van der Waals surface area (Å²) in [6, 6.07) is 12.8. The smallest absolute Gasteiger partial charge is 0.255 e. The molecule has 32 heavy (non-hydrogen) atoms. The molecule has 0 saturated heterocycles. The molecule has 0 saturated carbocycles. The molecule has 2 aromatic carbocycles. The fourth-order valence-corrected chi connectivity index (χ4v) is 4.95. The molecule has 0 unspecified atom stereocenters. The van der Waals surface area contributed by atoms with Crippen LogP contribution in [0.15, 0.2) is 42.5 Å². The third kappa shape index (κ3) is 4.26. The van der Waals surface area contributed by atoms with Crippen LogP contribution < -0.4 is 20.5 Å². The summed E-state index contributed by atoms with van der Waals surface area (Å²) in [5.74, 6) is 1.03. The number of para-hydroxylation sites is 1. The van der Waals surface area contributed by atoms with E-state index in [2.05, 4.69) is 10.4 Å². The molecule has 10 heteroatoms. The van der Waals surface area contributed by atoms with Crippen molar-refractivity contribution in [2.45, 2.75) is 12.2 Å². The summed E-state index contributed by atoms with van der Waals surface area (Å²) in [5, 5.41) is 8.00. The van der Waals surface area contributed by atoms with Gasteiger partial charge in [0.2, 0.25) is 5.91 Å². The lowest BCUT2D eigenvalue weighted by atomic mass is 10.0. The summed E-state index contributed by atoms with van der Waals surface area (Å²) in [4.78, 5) is 23.6. The first-order valence-corrected chi connectivity index (χ1v) is 11.2. The monoisotopic (exact) mass is 472 g/mol. The summed E-state index contributed by atoms with van der Waals surface area (Å²) in [7, 11) is 1.52. The number of fused-ring (bicyclic) bond motifs is 1. The summed E-state index contributed by atoms with van der Waals surface area (Å²) in [5.41, 5.74) is 8.41. The number of carbonyl (C=O) groups excluding carboxylic acids is 2. The quantitative estimate of drug-likeness (QED) is 0.568. The second-order valence-electron chi connectivity index (χ2n) is 7.12. The summed E-state index contributed by atoms with van der Waals surface area (Å²) < 4.78 is 12.6. The number of methoxy groups -OCH3 is 1. The first-order chi connectivity index (χ1) is 15.4. The Bertz CT molecular complexity index is 1200. The van der Waals surface area contributed by atoms with Crippen LogP contribution in [0.2, 0.25) is 5.02 Å². The van der Waals surface area contributed by atoms with Crippen molar-refractivity contribution in [3.8, 4) is 17.2 Å². The molecule has 8 nitrogen and oxygen atoms in total. The van der Waals surface area contributed by atoms with Gasteiger partial charge in [-0.2, -0.15) is 5.10 Å². The van der Waals surface area contributed by atoms with E-state index in [-0.39, 0.29) is 23.5 Å². The molecule has 2 amide bonds. The number of benzene rings is 2. The van der Waals surface area contributed by atoms with Gasteiger partial charge in [-0.1, -0.05) is 29.8 Å². The minimum Gasteiger partial charge on any atom is -0.493 e. The highest BCUT2D eigenvalue weighted by Gasteiger charge is 2.31. The number of aryl methyl sites for hydroxylation is 1. The Balaban J connectivity index is 1.80. The molecule has 1 atom stereocenters. The average molecular weight is 473 g/mol. The van der Waals surface area contributed by atoms with Crippen LogP contribution in [0.4, 0.5) is 5.82 Å². The van der Waals surface area contributed by atoms with E-state index >= 15 is 0 Å². The van der Waals surface area contributed by atoms with Crippen molar-refractivity contribution in [3.63, 3.8) is 0 Å². The zero-order chi connectivity index (χ0) is 22.8. The van der Waals surface area contributed by atoms with Gasteiger partial charge < -0.3 is 20.5 Å². The number of hydrogen-bond acceptors (Lipinski definition) is 6.